The van der Waals surface area contributed by atoms with Gasteiger partial charge in [0, 0.05) is 41.3 Å². The van der Waals surface area contributed by atoms with Crippen LogP contribution in [0.1, 0.15) is 10.4 Å². The summed E-state index contributed by atoms with van der Waals surface area (Å²) in [7, 11) is 1.97. The van der Waals surface area contributed by atoms with Crippen molar-refractivity contribution in [1.29, 1.82) is 0 Å². The topological polar surface area (TPSA) is 53.0 Å². The first-order chi connectivity index (χ1) is 10.7. The third kappa shape index (κ3) is 1.67. The maximum Gasteiger partial charge on any atom is 0.263 e. The van der Waals surface area contributed by atoms with E-state index in [2.05, 4.69) is 0 Å². The molecule has 0 radical (unpaired) electrons. The fraction of sp³-hybridized carbons (Fsp3) is 0.0556. The number of nitrogen functional groups attached to an aromatic ring is 1. The number of aromatic nitrogens is 2. The molecule has 4 aromatic rings. The van der Waals surface area contributed by atoms with Gasteiger partial charge in [-0.25, -0.2) is 0 Å². The fourth-order valence-electron chi connectivity index (χ4n) is 2.99. The molecule has 0 atom stereocenters. The van der Waals surface area contributed by atoms with Gasteiger partial charge in [-0.3, -0.25) is 9.36 Å². The number of carbonyl (C=O) groups excluding carboxylic acids is 1. The van der Waals surface area contributed by atoms with E-state index in [1.807, 2.05) is 66.3 Å². The van der Waals surface area contributed by atoms with Gasteiger partial charge < -0.3 is 10.3 Å². The summed E-state index contributed by atoms with van der Waals surface area (Å²) in [4.78, 5) is 13.0. The van der Waals surface area contributed by atoms with Crippen molar-refractivity contribution in [3.05, 3.63) is 66.5 Å². The van der Waals surface area contributed by atoms with Gasteiger partial charge in [-0.05, 0) is 24.3 Å². The quantitative estimate of drug-likeness (QED) is 0.584. The molecule has 2 aromatic carbocycles. The lowest BCUT2D eigenvalue weighted by Crippen LogP contribution is -2.11. The highest BCUT2D eigenvalue weighted by Gasteiger charge is 2.16. The molecule has 0 unspecified atom stereocenters. The van der Waals surface area contributed by atoms with E-state index in [4.69, 9.17) is 5.73 Å². The Morgan fingerprint density at radius 2 is 1.73 bits per heavy atom. The number of para-hydroxylation sites is 1. The molecule has 108 valence electrons. The molecule has 4 heteroatoms. The van der Waals surface area contributed by atoms with Gasteiger partial charge in [-0.2, -0.15) is 0 Å². The molecule has 0 aliphatic rings. The molecular formula is C18H15N3O. The molecule has 2 heterocycles. The molecule has 0 bridgehead atoms. The van der Waals surface area contributed by atoms with Crippen molar-refractivity contribution in [2.45, 2.75) is 0 Å². The van der Waals surface area contributed by atoms with E-state index in [0.717, 1.165) is 21.8 Å². The van der Waals surface area contributed by atoms with E-state index in [1.54, 1.807) is 10.8 Å². The van der Waals surface area contributed by atoms with Crippen LogP contribution >= 0.6 is 0 Å². The second kappa shape index (κ2) is 4.49. The largest absolute Gasteiger partial charge is 0.397 e. The van der Waals surface area contributed by atoms with Crippen molar-refractivity contribution < 1.29 is 4.79 Å². The Morgan fingerprint density at radius 3 is 2.59 bits per heavy atom. The number of anilines is 1. The summed E-state index contributed by atoms with van der Waals surface area (Å²) in [6, 6.07) is 15.4. The minimum Gasteiger partial charge on any atom is -0.397 e. The summed E-state index contributed by atoms with van der Waals surface area (Å²) in [5.74, 6) is -0.0651. The SMILES string of the molecule is Cn1ccc2c(C(=O)n3cc(N)c4ccccc43)cccc21. The number of hydrogen-bond acceptors (Lipinski definition) is 2. The predicted molar refractivity (Wildman–Crippen MR) is 89.0 cm³/mol. The van der Waals surface area contributed by atoms with Gasteiger partial charge in [-0.15, -0.1) is 0 Å². The van der Waals surface area contributed by atoms with E-state index in [1.165, 1.54) is 0 Å². The van der Waals surface area contributed by atoms with Gasteiger partial charge in [0.2, 0.25) is 0 Å². The molecule has 2 aromatic heterocycles. The Hall–Kier alpha value is -3.01. The van der Waals surface area contributed by atoms with Crippen LogP contribution in [0.4, 0.5) is 5.69 Å². The lowest BCUT2D eigenvalue weighted by atomic mass is 10.1. The Labute approximate surface area is 127 Å². The molecule has 4 nitrogen and oxygen atoms in total. The lowest BCUT2D eigenvalue weighted by Gasteiger charge is -2.06. The van der Waals surface area contributed by atoms with Gasteiger partial charge in [0.1, 0.15) is 0 Å². The van der Waals surface area contributed by atoms with Crippen molar-refractivity contribution in [1.82, 2.24) is 9.13 Å². The highest BCUT2D eigenvalue weighted by molar-refractivity contribution is 6.11. The van der Waals surface area contributed by atoms with Gasteiger partial charge in [0.25, 0.3) is 5.91 Å². The minimum absolute atomic E-state index is 0.0651. The summed E-state index contributed by atoms with van der Waals surface area (Å²) < 4.78 is 3.64. The van der Waals surface area contributed by atoms with E-state index in [-0.39, 0.29) is 5.91 Å². The van der Waals surface area contributed by atoms with Crippen molar-refractivity contribution >= 4 is 33.4 Å². The molecule has 0 fully saturated rings. The summed E-state index contributed by atoms with van der Waals surface area (Å²) in [5.41, 5.74) is 9.20. The van der Waals surface area contributed by atoms with Gasteiger partial charge >= 0.3 is 0 Å². The molecule has 0 saturated carbocycles. The van der Waals surface area contributed by atoms with E-state index < -0.39 is 0 Å². The van der Waals surface area contributed by atoms with Crippen LogP contribution in [0.5, 0.6) is 0 Å². The van der Waals surface area contributed by atoms with Crippen LogP contribution in [0.3, 0.4) is 0 Å². The highest BCUT2D eigenvalue weighted by atomic mass is 16.2. The smallest absolute Gasteiger partial charge is 0.263 e. The minimum atomic E-state index is -0.0651. The van der Waals surface area contributed by atoms with Crippen molar-refractivity contribution in [3.63, 3.8) is 0 Å². The predicted octanol–water partition coefficient (Wildman–Crippen LogP) is 3.40. The van der Waals surface area contributed by atoms with Crippen molar-refractivity contribution in [3.8, 4) is 0 Å². The number of hydrogen-bond donors (Lipinski definition) is 1. The molecule has 0 amide bonds. The molecular weight excluding hydrogens is 274 g/mol. The van der Waals surface area contributed by atoms with E-state index in [0.29, 0.717) is 11.3 Å². The van der Waals surface area contributed by atoms with Crippen molar-refractivity contribution in [2.75, 3.05) is 5.73 Å². The van der Waals surface area contributed by atoms with Gasteiger partial charge in [0.15, 0.2) is 0 Å². The second-order valence-electron chi connectivity index (χ2n) is 5.44. The normalized spacial score (nSPS) is 11.3. The summed E-state index contributed by atoms with van der Waals surface area (Å²) >= 11 is 0. The zero-order chi connectivity index (χ0) is 15.3. The van der Waals surface area contributed by atoms with Crippen LogP contribution in [0.15, 0.2) is 60.9 Å². The van der Waals surface area contributed by atoms with Crippen LogP contribution < -0.4 is 5.73 Å². The number of rotatable bonds is 1. The third-order valence-corrected chi connectivity index (χ3v) is 4.12. The number of benzene rings is 2. The van der Waals surface area contributed by atoms with E-state index >= 15 is 0 Å². The van der Waals surface area contributed by atoms with Crippen LogP contribution in [-0.2, 0) is 7.05 Å². The summed E-state index contributed by atoms with van der Waals surface area (Å²) in [6.07, 6.45) is 3.67. The number of aryl methyl sites for hydroxylation is 1. The number of carbonyl (C=O) groups is 1. The Morgan fingerprint density at radius 1 is 0.955 bits per heavy atom. The molecule has 0 spiro atoms. The Bertz CT molecular complexity index is 1020. The molecule has 2 N–H and O–H groups in total. The summed E-state index contributed by atoms with van der Waals surface area (Å²) in [5, 5.41) is 1.85. The van der Waals surface area contributed by atoms with Gasteiger partial charge in [-0.1, -0.05) is 24.3 Å². The van der Waals surface area contributed by atoms with Crippen molar-refractivity contribution in [2.24, 2.45) is 7.05 Å². The first-order valence-electron chi connectivity index (χ1n) is 7.11. The lowest BCUT2D eigenvalue weighted by molar-refractivity contribution is 0.0966. The molecule has 22 heavy (non-hydrogen) atoms. The Balaban J connectivity index is 1.96. The third-order valence-electron chi connectivity index (χ3n) is 4.12. The number of nitrogens with zero attached hydrogens (tertiary/aromatic N) is 2. The molecule has 0 aliphatic heterocycles. The zero-order valence-corrected chi connectivity index (χ0v) is 12.2. The fourth-order valence-corrected chi connectivity index (χ4v) is 2.99. The second-order valence-corrected chi connectivity index (χ2v) is 5.44. The number of fused-ring (bicyclic) bond motifs is 2. The maximum absolute atomic E-state index is 13.0. The Kier molecular flexibility index (Phi) is 2.60. The van der Waals surface area contributed by atoms with Crippen LogP contribution in [0, 0.1) is 0 Å². The molecule has 4 rings (SSSR count). The zero-order valence-electron chi connectivity index (χ0n) is 12.2. The van der Waals surface area contributed by atoms with Crippen LogP contribution in [-0.4, -0.2) is 15.0 Å². The van der Waals surface area contributed by atoms with Crippen LogP contribution in [0.25, 0.3) is 21.8 Å². The maximum atomic E-state index is 13.0. The first-order valence-corrected chi connectivity index (χ1v) is 7.11. The van der Waals surface area contributed by atoms with Gasteiger partial charge in [0.05, 0.1) is 11.2 Å². The molecule has 0 saturated heterocycles. The monoisotopic (exact) mass is 289 g/mol. The van der Waals surface area contributed by atoms with Crippen LogP contribution in [0.2, 0.25) is 0 Å². The standard InChI is InChI=1S/C18H15N3O/c1-20-10-9-12-13(6-4-8-16(12)20)18(22)21-11-15(19)14-5-2-3-7-17(14)21/h2-11H,19H2,1H3. The number of nitrogens with two attached hydrogens (primary N) is 1. The van der Waals surface area contributed by atoms with E-state index in [9.17, 15) is 4.79 Å². The average molecular weight is 289 g/mol. The first kappa shape index (κ1) is 12.7. The summed E-state index contributed by atoms with van der Waals surface area (Å²) in [6.45, 7) is 0. The highest BCUT2D eigenvalue weighted by Crippen LogP contribution is 2.26. The average Bonchev–Trinajstić information content (AvgIpc) is 3.08. The molecule has 0 aliphatic carbocycles.